The first-order valence-electron chi connectivity index (χ1n) is 5.33. The van der Waals surface area contributed by atoms with Crippen LogP contribution < -0.4 is 4.74 Å². The highest BCUT2D eigenvalue weighted by atomic mass is 32.2. The molecule has 0 radical (unpaired) electrons. The van der Waals surface area contributed by atoms with Crippen LogP contribution in [0.3, 0.4) is 0 Å². The van der Waals surface area contributed by atoms with Gasteiger partial charge in [-0.1, -0.05) is 12.1 Å². The third-order valence-corrected chi connectivity index (χ3v) is 4.52. The third kappa shape index (κ3) is 3.85. The lowest BCUT2D eigenvalue weighted by molar-refractivity contribution is 0.340. The van der Waals surface area contributed by atoms with E-state index in [0.717, 1.165) is 11.3 Å². The zero-order valence-electron chi connectivity index (χ0n) is 9.93. The Morgan fingerprint density at radius 3 is 2.56 bits per heavy atom. The fraction of sp³-hybridized carbons (Fsp3) is 0.500. The van der Waals surface area contributed by atoms with Crippen LogP contribution in [-0.2, 0) is 9.84 Å². The van der Waals surface area contributed by atoms with Gasteiger partial charge in [-0.15, -0.1) is 0 Å². The van der Waals surface area contributed by atoms with Gasteiger partial charge in [-0.3, -0.25) is 0 Å². The average molecular weight is 242 g/mol. The summed E-state index contributed by atoms with van der Waals surface area (Å²) in [7, 11) is -3.00. The molecule has 0 heterocycles. The first-order valence-corrected chi connectivity index (χ1v) is 7.04. The quantitative estimate of drug-likeness (QED) is 0.795. The van der Waals surface area contributed by atoms with Gasteiger partial charge in [-0.2, -0.15) is 0 Å². The van der Waals surface area contributed by atoms with Gasteiger partial charge >= 0.3 is 0 Å². The van der Waals surface area contributed by atoms with Gasteiger partial charge in [0.05, 0.1) is 11.0 Å². The summed E-state index contributed by atoms with van der Waals surface area (Å²) in [5.41, 5.74) is 1.10. The highest BCUT2D eigenvalue weighted by Gasteiger charge is 2.15. The topological polar surface area (TPSA) is 43.4 Å². The van der Waals surface area contributed by atoms with Crippen LogP contribution in [0.4, 0.5) is 0 Å². The van der Waals surface area contributed by atoms with Gasteiger partial charge < -0.3 is 4.74 Å². The lowest BCUT2D eigenvalue weighted by Gasteiger charge is -2.09. The van der Waals surface area contributed by atoms with E-state index in [1.807, 2.05) is 31.2 Å². The summed E-state index contributed by atoms with van der Waals surface area (Å²) in [6, 6.07) is 7.58. The fourth-order valence-electron chi connectivity index (χ4n) is 1.22. The lowest BCUT2D eigenvalue weighted by Crippen LogP contribution is -2.22. The first-order chi connectivity index (χ1) is 7.42. The number of hydrogen-bond donors (Lipinski definition) is 0. The van der Waals surface area contributed by atoms with Crippen molar-refractivity contribution in [3.63, 3.8) is 0 Å². The Bertz CT molecular complexity index is 435. The smallest absolute Gasteiger partial charge is 0.155 e. The van der Waals surface area contributed by atoms with Gasteiger partial charge in [0.1, 0.15) is 12.4 Å². The standard InChI is InChI=1S/C12H18O3S/c1-10(2)16(13,14)8-7-15-12-6-4-5-11(3)9-12/h4-6,9-10H,7-8H2,1-3H3. The molecule has 0 fully saturated rings. The van der Waals surface area contributed by atoms with E-state index in [1.54, 1.807) is 13.8 Å². The van der Waals surface area contributed by atoms with Crippen molar-refractivity contribution >= 4 is 9.84 Å². The monoisotopic (exact) mass is 242 g/mol. The maximum Gasteiger partial charge on any atom is 0.155 e. The molecule has 0 aliphatic heterocycles. The van der Waals surface area contributed by atoms with E-state index in [9.17, 15) is 8.42 Å². The van der Waals surface area contributed by atoms with E-state index in [-0.39, 0.29) is 17.6 Å². The molecular formula is C12H18O3S. The Morgan fingerprint density at radius 2 is 2.00 bits per heavy atom. The van der Waals surface area contributed by atoms with Crippen molar-refractivity contribution < 1.29 is 13.2 Å². The van der Waals surface area contributed by atoms with Crippen molar-refractivity contribution in [2.24, 2.45) is 0 Å². The zero-order valence-corrected chi connectivity index (χ0v) is 10.8. The molecule has 0 atom stereocenters. The molecule has 0 saturated heterocycles. The molecule has 16 heavy (non-hydrogen) atoms. The molecule has 1 rings (SSSR count). The minimum atomic E-state index is -3.00. The van der Waals surface area contributed by atoms with Crippen LogP contribution >= 0.6 is 0 Å². The van der Waals surface area contributed by atoms with E-state index >= 15 is 0 Å². The van der Waals surface area contributed by atoms with Gasteiger partial charge in [0.15, 0.2) is 9.84 Å². The molecule has 1 aromatic rings. The Morgan fingerprint density at radius 1 is 1.31 bits per heavy atom. The van der Waals surface area contributed by atoms with Crippen molar-refractivity contribution in [1.29, 1.82) is 0 Å². The summed E-state index contributed by atoms with van der Waals surface area (Å²) < 4.78 is 28.4. The molecule has 0 bridgehead atoms. The van der Waals surface area contributed by atoms with Gasteiger partial charge in [0.25, 0.3) is 0 Å². The van der Waals surface area contributed by atoms with E-state index in [4.69, 9.17) is 4.74 Å². The van der Waals surface area contributed by atoms with Crippen molar-refractivity contribution in [2.45, 2.75) is 26.0 Å². The Balaban J connectivity index is 2.48. The Hall–Kier alpha value is -1.03. The van der Waals surface area contributed by atoms with Gasteiger partial charge in [0.2, 0.25) is 0 Å². The molecule has 4 heteroatoms. The Kier molecular flexibility index (Phi) is 4.35. The number of hydrogen-bond acceptors (Lipinski definition) is 3. The van der Waals surface area contributed by atoms with E-state index < -0.39 is 9.84 Å². The molecule has 0 aliphatic rings. The summed E-state index contributed by atoms with van der Waals surface area (Å²) >= 11 is 0. The molecule has 1 aromatic carbocycles. The first kappa shape index (κ1) is 13.0. The molecule has 0 unspecified atom stereocenters. The molecule has 0 amide bonds. The average Bonchev–Trinajstić information content (AvgIpc) is 2.17. The van der Waals surface area contributed by atoms with E-state index in [0.29, 0.717) is 0 Å². The normalized spacial score (nSPS) is 11.8. The summed E-state index contributed by atoms with van der Waals surface area (Å²) in [4.78, 5) is 0. The fourth-order valence-corrected chi connectivity index (χ4v) is 2.00. The minimum Gasteiger partial charge on any atom is -0.493 e. The maximum absolute atomic E-state index is 11.5. The van der Waals surface area contributed by atoms with Crippen LogP contribution in [0.5, 0.6) is 5.75 Å². The zero-order chi connectivity index (χ0) is 12.2. The molecule has 0 N–H and O–H groups in total. The summed E-state index contributed by atoms with van der Waals surface area (Å²) in [6.07, 6.45) is 0. The van der Waals surface area contributed by atoms with Crippen LogP contribution in [0.2, 0.25) is 0 Å². The predicted octanol–water partition coefficient (Wildman–Crippen LogP) is 2.20. The van der Waals surface area contributed by atoms with Gasteiger partial charge in [-0.05, 0) is 38.5 Å². The van der Waals surface area contributed by atoms with Crippen LogP contribution in [0, 0.1) is 6.92 Å². The largest absolute Gasteiger partial charge is 0.493 e. The minimum absolute atomic E-state index is 0.0681. The van der Waals surface area contributed by atoms with Crippen LogP contribution in [0.25, 0.3) is 0 Å². The molecule has 0 saturated carbocycles. The van der Waals surface area contributed by atoms with Gasteiger partial charge in [0, 0.05) is 0 Å². The highest BCUT2D eigenvalue weighted by molar-refractivity contribution is 7.91. The number of sulfone groups is 1. The second kappa shape index (κ2) is 5.34. The second-order valence-corrected chi connectivity index (χ2v) is 6.76. The lowest BCUT2D eigenvalue weighted by atomic mass is 10.2. The molecule has 0 aromatic heterocycles. The number of ether oxygens (including phenoxy) is 1. The number of benzene rings is 1. The summed E-state index contributed by atoms with van der Waals surface area (Å²) in [5.74, 6) is 0.789. The second-order valence-electron chi connectivity index (χ2n) is 4.08. The van der Waals surface area contributed by atoms with Crippen molar-refractivity contribution in [2.75, 3.05) is 12.4 Å². The van der Waals surface area contributed by atoms with Gasteiger partial charge in [-0.25, -0.2) is 8.42 Å². The van der Waals surface area contributed by atoms with Crippen molar-refractivity contribution in [1.82, 2.24) is 0 Å². The molecule has 90 valence electrons. The van der Waals surface area contributed by atoms with Crippen molar-refractivity contribution in [3.05, 3.63) is 29.8 Å². The number of rotatable bonds is 5. The molecule has 0 spiro atoms. The highest BCUT2D eigenvalue weighted by Crippen LogP contribution is 2.12. The summed E-state index contributed by atoms with van der Waals surface area (Å²) in [5, 5.41) is -0.339. The van der Waals surface area contributed by atoms with Crippen LogP contribution in [0.15, 0.2) is 24.3 Å². The summed E-state index contributed by atoms with van der Waals surface area (Å²) in [6.45, 7) is 5.55. The molecule has 0 aliphatic carbocycles. The van der Waals surface area contributed by atoms with E-state index in [2.05, 4.69) is 0 Å². The van der Waals surface area contributed by atoms with Crippen molar-refractivity contribution in [3.8, 4) is 5.75 Å². The third-order valence-electron chi connectivity index (χ3n) is 2.34. The predicted molar refractivity (Wildman–Crippen MR) is 65.6 cm³/mol. The Labute approximate surface area is 97.4 Å². The van der Waals surface area contributed by atoms with Crippen LogP contribution in [0.1, 0.15) is 19.4 Å². The SMILES string of the molecule is Cc1cccc(OCCS(=O)(=O)C(C)C)c1. The molecular weight excluding hydrogens is 224 g/mol. The van der Waals surface area contributed by atoms with Crippen LogP contribution in [-0.4, -0.2) is 26.0 Å². The van der Waals surface area contributed by atoms with E-state index in [1.165, 1.54) is 0 Å². The molecule has 3 nitrogen and oxygen atoms in total. The maximum atomic E-state index is 11.5. The number of aryl methyl sites for hydroxylation is 1.